The molecule has 3 rings (SSSR count). The largest absolute Gasteiger partial charge is 0.550 e. The number of furan rings is 1. The summed E-state index contributed by atoms with van der Waals surface area (Å²) < 4.78 is 11.2. The van der Waals surface area contributed by atoms with Crippen LogP contribution >= 0.6 is 0 Å². The summed E-state index contributed by atoms with van der Waals surface area (Å²) in [5.41, 5.74) is 3.10. The Hall–Kier alpha value is -3.09. The van der Waals surface area contributed by atoms with E-state index < -0.39 is 11.6 Å². The molecule has 1 N–H and O–H groups in total. The number of carbonyl (C=O) groups is 2. The van der Waals surface area contributed by atoms with Gasteiger partial charge in [-0.1, -0.05) is 6.42 Å². The Morgan fingerprint density at radius 1 is 0.933 bits per heavy atom. The molecule has 1 amide bonds. The van der Waals surface area contributed by atoms with E-state index >= 15 is 0 Å². The van der Waals surface area contributed by atoms with Crippen LogP contribution in [0.1, 0.15) is 54.6 Å². The molecule has 0 saturated heterocycles. The Morgan fingerprint density at radius 3 is 2.37 bits per heavy atom. The van der Waals surface area contributed by atoms with Gasteiger partial charge in [0.2, 0.25) is 5.91 Å². The molecule has 0 aliphatic carbocycles. The Balaban J connectivity index is 1.66. The van der Waals surface area contributed by atoms with Gasteiger partial charge in [0.25, 0.3) is 0 Å². The Morgan fingerprint density at radius 2 is 1.63 bits per heavy atom. The Bertz CT molecular complexity index is 1150. The minimum Gasteiger partial charge on any atom is -0.550 e. The molecular formula is C23H26NO6-. The van der Waals surface area contributed by atoms with Gasteiger partial charge in [0, 0.05) is 41.3 Å². The van der Waals surface area contributed by atoms with E-state index in [9.17, 15) is 19.5 Å². The summed E-state index contributed by atoms with van der Waals surface area (Å²) in [6, 6.07) is 3.72. The van der Waals surface area contributed by atoms with Crippen molar-refractivity contribution < 1.29 is 23.5 Å². The lowest BCUT2D eigenvalue weighted by Crippen LogP contribution is -2.26. The van der Waals surface area contributed by atoms with Gasteiger partial charge >= 0.3 is 5.63 Å². The predicted molar refractivity (Wildman–Crippen MR) is 111 cm³/mol. The van der Waals surface area contributed by atoms with Gasteiger partial charge in [-0.25, -0.2) is 4.79 Å². The zero-order valence-electron chi connectivity index (χ0n) is 17.6. The molecule has 0 unspecified atom stereocenters. The molecule has 7 nitrogen and oxygen atoms in total. The lowest BCUT2D eigenvalue weighted by molar-refractivity contribution is -0.305. The van der Waals surface area contributed by atoms with E-state index in [2.05, 4.69) is 5.32 Å². The van der Waals surface area contributed by atoms with Crippen molar-refractivity contribution in [3.63, 3.8) is 0 Å². The van der Waals surface area contributed by atoms with Gasteiger partial charge in [-0.2, -0.15) is 0 Å². The molecule has 160 valence electrons. The second-order valence-corrected chi connectivity index (χ2v) is 7.65. The fraction of sp³-hybridized carbons (Fsp3) is 0.435. The maximum Gasteiger partial charge on any atom is 0.339 e. The molecule has 1 aromatic carbocycles. The average molecular weight is 412 g/mol. The van der Waals surface area contributed by atoms with Crippen LogP contribution in [0.25, 0.3) is 21.9 Å². The fourth-order valence-electron chi connectivity index (χ4n) is 3.64. The molecule has 2 aromatic heterocycles. The van der Waals surface area contributed by atoms with Crippen molar-refractivity contribution in [3.8, 4) is 0 Å². The van der Waals surface area contributed by atoms with E-state index in [1.54, 1.807) is 6.07 Å². The Labute approximate surface area is 174 Å². The summed E-state index contributed by atoms with van der Waals surface area (Å²) >= 11 is 0. The monoisotopic (exact) mass is 412 g/mol. The molecule has 7 heteroatoms. The van der Waals surface area contributed by atoms with Gasteiger partial charge < -0.3 is 24.1 Å². The number of rotatable bonds is 9. The average Bonchev–Trinajstić information content (AvgIpc) is 2.96. The van der Waals surface area contributed by atoms with Crippen molar-refractivity contribution in [2.45, 2.75) is 59.3 Å². The SMILES string of the molecule is Cc1oc2cc3oc(=O)c(CCC(=O)NCCCCCC(=O)[O-])c(C)c3cc2c1C. The van der Waals surface area contributed by atoms with Crippen LogP contribution in [-0.2, 0) is 16.0 Å². The third-order valence-corrected chi connectivity index (χ3v) is 5.56. The lowest BCUT2D eigenvalue weighted by Gasteiger charge is -2.09. The first-order valence-corrected chi connectivity index (χ1v) is 10.2. The first kappa shape index (κ1) is 21.6. The van der Waals surface area contributed by atoms with Gasteiger partial charge in [-0.15, -0.1) is 0 Å². The van der Waals surface area contributed by atoms with Gasteiger partial charge in [0.05, 0.1) is 0 Å². The number of carboxylic acids is 1. The second kappa shape index (κ2) is 9.15. The number of unbranched alkanes of at least 4 members (excludes halogenated alkanes) is 2. The number of aliphatic carboxylic acids is 1. The molecule has 3 aromatic rings. The minimum absolute atomic E-state index is 0.0369. The van der Waals surface area contributed by atoms with Crippen molar-refractivity contribution in [2.75, 3.05) is 6.54 Å². The number of hydrogen-bond acceptors (Lipinski definition) is 6. The summed E-state index contributed by atoms with van der Waals surface area (Å²) in [7, 11) is 0. The van der Waals surface area contributed by atoms with Crippen molar-refractivity contribution >= 4 is 33.8 Å². The highest BCUT2D eigenvalue weighted by Gasteiger charge is 2.16. The van der Waals surface area contributed by atoms with Crippen molar-refractivity contribution in [2.24, 2.45) is 0 Å². The number of fused-ring (bicyclic) bond motifs is 2. The molecule has 0 fully saturated rings. The fourth-order valence-corrected chi connectivity index (χ4v) is 3.64. The maximum absolute atomic E-state index is 12.5. The number of benzene rings is 1. The molecule has 0 radical (unpaired) electrons. The van der Waals surface area contributed by atoms with Crippen LogP contribution in [0.5, 0.6) is 0 Å². The van der Waals surface area contributed by atoms with E-state index in [1.807, 2.05) is 26.8 Å². The summed E-state index contributed by atoms with van der Waals surface area (Å²) in [5, 5.41) is 15.0. The lowest BCUT2D eigenvalue weighted by atomic mass is 10.0. The van der Waals surface area contributed by atoms with Crippen LogP contribution in [0.3, 0.4) is 0 Å². The molecule has 2 heterocycles. The zero-order chi connectivity index (χ0) is 21.8. The quantitative estimate of drug-likeness (QED) is 0.427. The minimum atomic E-state index is -1.05. The van der Waals surface area contributed by atoms with Crippen LogP contribution in [0.15, 0.2) is 25.8 Å². The highest BCUT2D eigenvalue weighted by atomic mass is 16.4. The number of carboxylic acid groups (broad SMARTS) is 1. The van der Waals surface area contributed by atoms with Crippen LogP contribution < -0.4 is 16.0 Å². The number of amides is 1. The molecule has 30 heavy (non-hydrogen) atoms. The van der Waals surface area contributed by atoms with Crippen molar-refractivity contribution in [1.29, 1.82) is 0 Å². The topological polar surface area (TPSA) is 113 Å². The maximum atomic E-state index is 12.5. The molecule has 0 spiro atoms. The van der Waals surface area contributed by atoms with E-state index in [0.29, 0.717) is 49.0 Å². The second-order valence-electron chi connectivity index (χ2n) is 7.65. The van der Waals surface area contributed by atoms with E-state index in [-0.39, 0.29) is 18.7 Å². The smallest absolute Gasteiger partial charge is 0.339 e. The molecular weight excluding hydrogens is 386 g/mol. The van der Waals surface area contributed by atoms with Crippen molar-refractivity contribution in [1.82, 2.24) is 5.32 Å². The number of hydrogen-bond donors (Lipinski definition) is 1. The number of carbonyl (C=O) groups excluding carboxylic acids is 2. The highest BCUT2D eigenvalue weighted by Crippen LogP contribution is 2.31. The van der Waals surface area contributed by atoms with Gasteiger partial charge in [0.1, 0.15) is 16.9 Å². The number of aryl methyl sites for hydroxylation is 3. The standard InChI is InChI=1S/C23H27NO6/c1-13-15(3)29-19-12-20-18(11-17(13)19)14(2)16(23(28)30-20)8-9-21(25)24-10-6-4-5-7-22(26)27/h11-12H,4-10H2,1-3H3,(H,24,25)(H,26,27)/p-1. The van der Waals surface area contributed by atoms with Gasteiger partial charge in [-0.05, 0) is 63.6 Å². The summed E-state index contributed by atoms with van der Waals surface area (Å²) in [6.45, 7) is 6.24. The van der Waals surface area contributed by atoms with Gasteiger partial charge in [0.15, 0.2) is 0 Å². The summed E-state index contributed by atoms with van der Waals surface area (Å²) in [4.78, 5) is 34.9. The third-order valence-electron chi connectivity index (χ3n) is 5.56. The highest BCUT2D eigenvalue weighted by molar-refractivity contribution is 5.96. The first-order valence-electron chi connectivity index (χ1n) is 10.2. The molecule has 0 aliphatic heterocycles. The van der Waals surface area contributed by atoms with Crippen LogP contribution in [0.2, 0.25) is 0 Å². The van der Waals surface area contributed by atoms with Crippen LogP contribution in [-0.4, -0.2) is 18.4 Å². The molecule has 0 aliphatic rings. The predicted octanol–water partition coefficient (Wildman–Crippen LogP) is 2.82. The molecule has 0 bridgehead atoms. The summed E-state index contributed by atoms with van der Waals surface area (Å²) in [6.07, 6.45) is 2.47. The Kier molecular flexibility index (Phi) is 6.59. The van der Waals surface area contributed by atoms with E-state index in [0.717, 1.165) is 27.7 Å². The van der Waals surface area contributed by atoms with Crippen LogP contribution in [0, 0.1) is 20.8 Å². The van der Waals surface area contributed by atoms with E-state index in [1.165, 1.54) is 0 Å². The molecule has 0 atom stereocenters. The normalized spacial score (nSPS) is 11.3. The summed E-state index contributed by atoms with van der Waals surface area (Å²) in [5.74, 6) is -0.371. The third kappa shape index (κ3) is 4.72. The van der Waals surface area contributed by atoms with Crippen molar-refractivity contribution in [3.05, 3.63) is 45.0 Å². The first-order chi connectivity index (χ1) is 14.3. The number of nitrogens with one attached hydrogen (secondary N) is 1. The van der Waals surface area contributed by atoms with Gasteiger partial charge in [-0.3, -0.25) is 4.79 Å². The molecule has 0 saturated carbocycles. The van der Waals surface area contributed by atoms with E-state index in [4.69, 9.17) is 8.83 Å². The van der Waals surface area contributed by atoms with Crippen LogP contribution in [0.4, 0.5) is 0 Å². The zero-order valence-corrected chi connectivity index (χ0v) is 17.6.